The average molecular weight is 441 g/mol. The summed E-state index contributed by atoms with van der Waals surface area (Å²) in [6, 6.07) is 7.63. The molecule has 0 fully saturated rings. The second-order valence-corrected chi connectivity index (χ2v) is 9.31. The summed E-state index contributed by atoms with van der Waals surface area (Å²) >= 11 is 3.13. The first kappa shape index (κ1) is 20.7. The Bertz CT molecular complexity index is 1060. The Kier molecular flexibility index (Phi) is 6.62. The minimum atomic E-state index is -3.71. The van der Waals surface area contributed by atoms with Crippen LogP contribution in [0, 0.1) is 0 Å². The molecule has 0 aliphatic rings. The Hall–Kier alpha value is -2.05. The second-order valence-electron chi connectivity index (χ2n) is 6.16. The molecule has 0 aliphatic heterocycles. The van der Waals surface area contributed by atoms with Gasteiger partial charge in [0.25, 0.3) is 10.2 Å². The molecule has 150 valence electrons. The molecule has 0 bridgehead atoms. The standard InChI is InChI=1S/C17H20N4O4S3/c18-28(24,25)19-8-4-3-6-13(21-17(22)23)14-10-27-16(20-14)12-9-26-15-7-2-1-5-11(12)15/h1-2,5,7,9-10,13,19,21H,3-4,6,8H2,(H,22,23)(H2,18,24,25). The lowest BCUT2D eigenvalue weighted by molar-refractivity contribution is 0.188. The molecule has 1 atom stereocenters. The number of rotatable bonds is 9. The number of nitrogens with two attached hydrogens (primary N) is 1. The highest BCUT2D eigenvalue weighted by Crippen LogP contribution is 2.36. The van der Waals surface area contributed by atoms with Gasteiger partial charge in [0.2, 0.25) is 0 Å². The van der Waals surface area contributed by atoms with E-state index in [1.54, 1.807) is 11.3 Å². The zero-order valence-electron chi connectivity index (χ0n) is 14.8. The van der Waals surface area contributed by atoms with Crippen molar-refractivity contribution in [2.45, 2.75) is 25.3 Å². The summed E-state index contributed by atoms with van der Waals surface area (Å²) in [5.74, 6) is 0. The third-order valence-corrected chi connectivity index (χ3v) is 6.57. The number of nitrogens with zero attached hydrogens (tertiary/aromatic N) is 1. The number of hydrogen-bond donors (Lipinski definition) is 4. The van der Waals surface area contributed by atoms with E-state index < -0.39 is 22.3 Å². The summed E-state index contributed by atoms with van der Waals surface area (Å²) in [5, 5.41) is 22.4. The van der Waals surface area contributed by atoms with Crippen molar-refractivity contribution in [2.75, 3.05) is 6.54 Å². The van der Waals surface area contributed by atoms with Crippen LogP contribution < -0.4 is 15.2 Å². The Morgan fingerprint density at radius 2 is 2.00 bits per heavy atom. The number of carbonyl (C=O) groups is 1. The normalized spacial score (nSPS) is 12.9. The van der Waals surface area contributed by atoms with Gasteiger partial charge in [-0.05, 0) is 25.3 Å². The molecule has 1 unspecified atom stereocenters. The first-order valence-corrected chi connectivity index (χ1v) is 11.8. The van der Waals surface area contributed by atoms with E-state index in [-0.39, 0.29) is 6.54 Å². The lowest BCUT2D eigenvalue weighted by Gasteiger charge is -2.14. The molecule has 1 aromatic carbocycles. The van der Waals surface area contributed by atoms with E-state index >= 15 is 0 Å². The first-order valence-electron chi connectivity index (χ1n) is 8.52. The van der Waals surface area contributed by atoms with Gasteiger partial charge in [0.15, 0.2) is 0 Å². The minimum absolute atomic E-state index is 0.210. The fourth-order valence-corrected chi connectivity index (χ4v) is 5.20. The van der Waals surface area contributed by atoms with Gasteiger partial charge in [0, 0.05) is 33.0 Å². The lowest BCUT2D eigenvalue weighted by atomic mass is 10.1. The van der Waals surface area contributed by atoms with Gasteiger partial charge >= 0.3 is 6.09 Å². The van der Waals surface area contributed by atoms with Crippen molar-refractivity contribution >= 4 is 49.1 Å². The van der Waals surface area contributed by atoms with Crippen LogP contribution >= 0.6 is 22.7 Å². The second kappa shape index (κ2) is 8.97. The van der Waals surface area contributed by atoms with Gasteiger partial charge in [-0.15, -0.1) is 22.7 Å². The Morgan fingerprint density at radius 3 is 2.75 bits per heavy atom. The number of carboxylic acid groups (broad SMARTS) is 1. The van der Waals surface area contributed by atoms with Crippen molar-refractivity contribution < 1.29 is 18.3 Å². The molecule has 5 N–H and O–H groups in total. The van der Waals surface area contributed by atoms with Crippen LogP contribution in [0.15, 0.2) is 35.0 Å². The SMILES string of the molecule is NS(=O)(=O)NCCCCC(NC(=O)O)c1csc(-c2csc3ccccc23)n1. The highest BCUT2D eigenvalue weighted by atomic mass is 32.2. The van der Waals surface area contributed by atoms with Gasteiger partial charge in [-0.3, -0.25) is 0 Å². The van der Waals surface area contributed by atoms with Crippen LogP contribution in [-0.4, -0.2) is 31.1 Å². The summed E-state index contributed by atoms with van der Waals surface area (Å²) in [6.07, 6.45) is 0.539. The maximum atomic E-state index is 11.2. The summed E-state index contributed by atoms with van der Waals surface area (Å²) in [7, 11) is -3.71. The molecule has 8 nitrogen and oxygen atoms in total. The van der Waals surface area contributed by atoms with Crippen LogP contribution in [0.25, 0.3) is 20.7 Å². The first-order chi connectivity index (χ1) is 13.3. The molecule has 3 aromatic rings. The van der Waals surface area contributed by atoms with Crippen LogP contribution in [0.1, 0.15) is 31.0 Å². The van der Waals surface area contributed by atoms with Crippen LogP contribution in [0.2, 0.25) is 0 Å². The number of benzene rings is 1. The Balaban J connectivity index is 1.70. The van der Waals surface area contributed by atoms with E-state index in [1.807, 2.05) is 23.6 Å². The predicted octanol–water partition coefficient (Wildman–Crippen LogP) is 3.30. The van der Waals surface area contributed by atoms with Gasteiger partial charge in [-0.2, -0.15) is 8.42 Å². The van der Waals surface area contributed by atoms with Crippen LogP contribution in [-0.2, 0) is 10.2 Å². The van der Waals surface area contributed by atoms with Crippen molar-refractivity contribution in [2.24, 2.45) is 5.14 Å². The van der Waals surface area contributed by atoms with E-state index in [1.165, 1.54) is 16.0 Å². The zero-order valence-corrected chi connectivity index (χ0v) is 17.2. The van der Waals surface area contributed by atoms with Gasteiger partial charge in [-0.1, -0.05) is 18.2 Å². The smallest absolute Gasteiger partial charge is 0.405 e. The Morgan fingerprint density at radius 1 is 1.21 bits per heavy atom. The van der Waals surface area contributed by atoms with E-state index in [0.717, 1.165) is 16.0 Å². The Labute approximate surface area is 170 Å². The summed E-state index contributed by atoms with van der Waals surface area (Å²) in [6.45, 7) is 0.210. The minimum Gasteiger partial charge on any atom is -0.465 e. The van der Waals surface area contributed by atoms with Gasteiger partial charge in [0.1, 0.15) is 5.01 Å². The predicted molar refractivity (Wildman–Crippen MR) is 112 cm³/mol. The molecular weight excluding hydrogens is 420 g/mol. The van der Waals surface area contributed by atoms with E-state index in [2.05, 4.69) is 26.5 Å². The van der Waals surface area contributed by atoms with E-state index in [9.17, 15) is 13.2 Å². The van der Waals surface area contributed by atoms with Crippen molar-refractivity contribution in [1.82, 2.24) is 15.0 Å². The number of hydrogen-bond acceptors (Lipinski definition) is 6. The molecule has 28 heavy (non-hydrogen) atoms. The number of fused-ring (bicyclic) bond motifs is 1. The number of amides is 1. The van der Waals surface area contributed by atoms with Gasteiger partial charge < -0.3 is 10.4 Å². The lowest BCUT2D eigenvalue weighted by Crippen LogP contribution is -2.31. The highest BCUT2D eigenvalue weighted by molar-refractivity contribution is 7.87. The van der Waals surface area contributed by atoms with Gasteiger partial charge in [-0.25, -0.2) is 19.6 Å². The molecule has 0 radical (unpaired) electrons. The quantitative estimate of drug-likeness (QED) is 0.379. The van der Waals surface area contributed by atoms with Crippen molar-refractivity contribution in [3.63, 3.8) is 0 Å². The summed E-state index contributed by atoms with van der Waals surface area (Å²) in [5.41, 5.74) is 1.71. The average Bonchev–Trinajstić information content (AvgIpc) is 3.26. The number of aromatic nitrogens is 1. The van der Waals surface area contributed by atoms with Crippen LogP contribution in [0.4, 0.5) is 4.79 Å². The van der Waals surface area contributed by atoms with E-state index in [0.29, 0.717) is 25.0 Å². The fraction of sp³-hybridized carbons (Fsp3) is 0.294. The number of unbranched alkanes of at least 4 members (excludes halogenated alkanes) is 1. The molecule has 0 aliphatic carbocycles. The molecule has 0 spiro atoms. The van der Waals surface area contributed by atoms with Crippen molar-refractivity contribution in [1.29, 1.82) is 0 Å². The molecule has 1 amide bonds. The highest BCUT2D eigenvalue weighted by Gasteiger charge is 2.19. The molecule has 2 aromatic heterocycles. The largest absolute Gasteiger partial charge is 0.465 e. The molecular formula is C17H20N4O4S3. The summed E-state index contributed by atoms with van der Waals surface area (Å²) < 4.78 is 25.1. The monoisotopic (exact) mass is 440 g/mol. The third-order valence-electron chi connectivity index (χ3n) is 4.11. The van der Waals surface area contributed by atoms with Gasteiger partial charge in [0.05, 0.1) is 11.7 Å². The van der Waals surface area contributed by atoms with Crippen molar-refractivity contribution in [3.8, 4) is 10.6 Å². The number of thiophene rings is 1. The molecule has 0 saturated carbocycles. The fourth-order valence-electron chi connectivity index (χ4n) is 2.84. The maximum Gasteiger partial charge on any atom is 0.405 e. The molecule has 3 rings (SSSR count). The topological polar surface area (TPSA) is 134 Å². The maximum absolute atomic E-state index is 11.2. The van der Waals surface area contributed by atoms with E-state index in [4.69, 9.17) is 10.2 Å². The number of nitrogens with one attached hydrogen (secondary N) is 2. The number of thiazole rings is 1. The van der Waals surface area contributed by atoms with Crippen molar-refractivity contribution in [3.05, 3.63) is 40.7 Å². The molecule has 2 heterocycles. The zero-order chi connectivity index (χ0) is 20.1. The molecule has 11 heteroatoms. The third kappa shape index (κ3) is 5.49. The summed E-state index contributed by atoms with van der Waals surface area (Å²) in [4.78, 5) is 15.8. The van der Waals surface area contributed by atoms with Crippen LogP contribution in [0.5, 0.6) is 0 Å². The van der Waals surface area contributed by atoms with Crippen LogP contribution in [0.3, 0.4) is 0 Å². The molecule has 0 saturated heterocycles.